The second kappa shape index (κ2) is 6.18. The van der Waals surface area contributed by atoms with E-state index in [1.165, 1.54) is 0 Å². The lowest BCUT2D eigenvalue weighted by molar-refractivity contribution is 0.257. The summed E-state index contributed by atoms with van der Waals surface area (Å²) in [4.78, 5) is 15.2. The monoisotopic (exact) mass is 338 g/mol. The lowest BCUT2D eigenvalue weighted by Gasteiger charge is -2.29. The number of nitrogens with zero attached hydrogens (tertiary/aromatic N) is 1. The highest BCUT2D eigenvalue weighted by molar-refractivity contribution is 7.99. The molecule has 1 heterocycles. The average molecular weight is 339 g/mol. The van der Waals surface area contributed by atoms with E-state index in [4.69, 9.17) is 23.2 Å². The second-order valence-corrected chi connectivity index (χ2v) is 6.50. The van der Waals surface area contributed by atoms with Gasteiger partial charge in [0.25, 0.3) is 0 Å². The second-order valence-electron chi connectivity index (χ2n) is 4.52. The number of thioether (sulfide) groups is 1. The zero-order valence-corrected chi connectivity index (χ0v) is 13.3. The van der Waals surface area contributed by atoms with Gasteiger partial charge in [-0.15, -0.1) is 11.8 Å². The van der Waals surface area contributed by atoms with Crippen LogP contribution in [0.15, 0.2) is 47.4 Å². The van der Waals surface area contributed by atoms with Gasteiger partial charge in [-0.25, -0.2) is 4.79 Å². The molecule has 0 saturated heterocycles. The van der Waals surface area contributed by atoms with Crippen molar-refractivity contribution < 1.29 is 4.79 Å². The molecule has 2 aromatic carbocycles. The van der Waals surface area contributed by atoms with Crippen LogP contribution in [0.3, 0.4) is 0 Å². The van der Waals surface area contributed by atoms with E-state index in [1.807, 2.05) is 24.3 Å². The number of urea groups is 1. The number of benzene rings is 2. The molecule has 21 heavy (non-hydrogen) atoms. The number of anilines is 2. The third-order valence-corrected chi connectivity index (χ3v) is 4.74. The Hall–Kier alpha value is -1.36. The van der Waals surface area contributed by atoms with Gasteiger partial charge in [0.2, 0.25) is 0 Å². The minimum atomic E-state index is -0.188. The van der Waals surface area contributed by atoms with Crippen molar-refractivity contribution in [2.75, 3.05) is 22.5 Å². The highest BCUT2D eigenvalue weighted by atomic mass is 35.5. The molecule has 3 rings (SSSR count). The first-order chi connectivity index (χ1) is 10.1. The number of nitrogens with one attached hydrogen (secondary N) is 1. The van der Waals surface area contributed by atoms with Gasteiger partial charge in [0.15, 0.2) is 0 Å². The Balaban J connectivity index is 1.85. The van der Waals surface area contributed by atoms with Crippen molar-refractivity contribution in [2.24, 2.45) is 0 Å². The average Bonchev–Trinajstić information content (AvgIpc) is 2.48. The number of hydrogen-bond donors (Lipinski definition) is 1. The Morgan fingerprint density at radius 1 is 1.19 bits per heavy atom. The summed E-state index contributed by atoms with van der Waals surface area (Å²) in [5.74, 6) is 0.837. The van der Waals surface area contributed by atoms with E-state index in [0.29, 0.717) is 22.3 Å². The molecule has 1 aliphatic heterocycles. The van der Waals surface area contributed by atoms with Crippen molar-refractivity contribution >= 4 is 52.4 Å². The summed E-state index contributed by atoms with van der Waals surface area (Å²) in [5, 5.41) is 4.05. The fraction of sp³-hybridized carbons (Fsp3) is 0.133. The van der Waals surface area contributed by atoms with Crippen molar-refractivity contribution in [3.05, 3.63) is 52.5 Å². The van der Waals surface area contributed by atoms with Gasteiger partial charge in [-0.1, -0.05) is 35.3 Å². The highest BCUT2D eigenvalue weighted by Crippen LogP contribution is 2.37. The van der Waals surface area contributed by atoms with Gasteiger partial charge in [0, 0.05) is 22.2 Å². The van der Waals surface area contributed by atoms with Crippen LogP contribution in [0.25, 0.3) is 0 Å². The van der Waals surface area contributed by atoms with Crippen LogP contribution in [0.4, 0.5) is 16.2 Å². The van der Waals surface area contributed by atoms with E-state index in [0.717, 1.165) is 16.3 Å². The van der Waals surface area contributed by atoms with Crippen LogP contribution in [0.2, 0.25) is 10.0 Å². The number of amides is 2. The van der Waals surface area contributed by atoms with Crippen LogP contribution in [-0.2, 0) is 0 Å². The largest absolute Gasteiger partial charge is 0.326 e. The van der Waals surface area contributed by atoms with Gasteiger partial charge in [0.05, 0.1) is 16.4 Å². The van der Waals surface area contributed by atoms with Crippen molar-refractivity contribution in [3.8, 4) is 0 Å². The van der Waals surface area contributed by atoms with Gasteiger partial charge in [-0.05, 0) is 30.3 Å². The SMILES string of the molecule is O=C(Nc1ccccc1Cl)N1CCSc2cc(Cl)ccc21. The fourth-order valence-corrected chi connectivity index (χ4v) is 3.60. The molecule has 6 heteroatoms. The Bertz CT molecular complexity index is 693. The quantitative estimate of drug-likeness (QED) is 0.780. The summed E-state index contributed by atoms with van der Waals surface area (Å²) in [5.41, 5.74) is 1.48. The highest BCUT2D eigenvalue weighted by Gasteiger charge is 2.23. The summed E-state index contributed by atoms with van der Waals surface area (Å²) < 4.78 is 0. The molecule has 3 nitrogen and oxygen atoms in total. The van der Waals surface area contributed by atoms with Crippen molar-refractivity contribution in [1.29, 1.82) is 0 Å². The molecular formula is C15H12Cl2N2OS. The van der Waals surface area contributed by atoms with E-state index in [1.54, 1.807) is 34.9 Å². The zero-order chi connectivity index (χ0) is 14.8. The Kier molecular flexibility index (Phi) is 4.29. The summed E-state index contributed by atoms with van der Waals surface area (Å²) in [6, 6.07) is 12.5. The molecule has 1 N–H and O–H groups in total. The minimum absolute atomic E-state index is 0.188. The molecule has 0 bridgehead atoms. The molecule has 0 spiro atoms. The summed E-state index contributed by atoms with van der Waals surface area (Å²) in [6.07, 6.45) is 0. The van der Waals surface area contributed by atoms with Gasteiger partial charge in [-0.3, -0.25) is 4.90 Å². The van der Waals surface area contributed by atoms with Crippen molar-refractivity contribution in [1.82, 2.24) is 0 Å². The summed E-state index contributed by atoms with van der Waals surface area (Å²) >= 11 is 13.8. The maximum Gasteiger partial charge on any atom is 0.326 e. The number of para-hydroxylation sites is 1. The maximum absolute atomic E-state index is 12.5. The first-order valence-electron chi connectivity index (χ1n) is 6.40. The predicted octanol–water partition coefficient (Wildman–Crippen LogP) is 5.14. The Labute approximate surface area is 137 Å². The fourth-order valence-electron chi connectivity index (χ4n) is 2.15. The molecule has 108 valence electrons. The molecule has 0 atom stereocenters. The van der Waals surface area contributed by atoms with E-state index in [-0.39, 0.29) is 6.03 Å². The molecule has 0 fully saturated rings. The third-order valence-electron chi connectivity index (χ3n) is 3.15. The number of carbonyl (C=O) groups excluding carboxylic acids is 1. The van der Waals surface area contributed by atoms with Gasteiger partial charge >= 0.3 is 6.03 Å². The van der Waals surface area contributed by atoms with Crippen LogP contribution in [0, 0.1) is 0 Å². The molecule has 0 radical (unpaired) electrons. The third kappa shape index (κ3) is 3.12. The lowest BCUT2D eigenvalue weighted by Crippen LogP contribution is -2.38. The van der Waals surface area contributed by atoms with Gasteiger partial charge in [0.1, 0.15) is 0 Å². The minimum Gasteiger partial charge on any atom is -0.306 e. The normalized spacial score (nSPS) is 13.7. The number of carbonyl (C=O) groups is 1. The van der Waals surface area contributed by atoms with Crippen LogP contribution < -0.4 is 10.2 Å². The van der Waals surface area contributed by atoms with E-state index >= 15 is 0 Å². The van der Waals surface area contributed by atoms with E-state index in [9.17, 15) is 4.79 Å². The molecule has 2 amide bonds. The first-order valence-corrected chi connectivity index (χ1v) is 8.15. The van der Waals surface area contributed by atoms with Crippen LogP contribution in [0.1, 0.15) is 0 Å². The Morgan fingerprint density at radius 2 is 2.00 bits per heavy atom. The maximum atomic E-state index is 12.5. The van der Waals surface area contributed by atoms with E-state index in [2.05, 4.69) is 5.32 Å². The Morgan fingerprint density at radius 3 is 2.81 bits per heavy atom. The molecule has 0 unspecified atom stereocenters. The number of rotatable bonds is 1. The van der Waals surface area contributed by atoms with Gasteiger partial charge < -0.3 is 5.32 Å². The summed E-state index contributed by atoms with van der Waals surface area (Å²) in [6.45, 7) is 0.648. The molecule has 0 saturated carbocycles. The standard InChI is InChI=1S/C15H12Cl2N2OS/c16-10-5-6-13-14(9-10)21-8-7-19(13)15(20)18-12-4-2-1-3-11(12)17/h1-6,9H,7-8H2,(H,18,20). The van der Waals surface area contributed by atoms with Gasteiger partial charge in [-0.2, -0.15) is 0 Å². The molecule has 2 aromatic rings. The van der Waals surface area contributed by atoms with Crippen molar-refractivity contribution in [2.45, 2.75) is 4.90 Å². The van der Waals surface area contributed by atoms with Crippen LogP contribution >= 0.6 is 35.0 Å². The zero-order valence-electron chi connectivity index (χ0n) is 11.0. The first kappa shape index (κ1) is 14.6. The molecule has 0 aromatic heterocycles. The van der Waals surface area contributed by atoms with E-state index < -0.39 is 0 Å². The predicted molar refractivity (Wildman–Crippen MR) is 90.0 cm³/mol. The molecule has 1 aliphatic rings. The lowest BCUT2D eigenvalue weighted by atomic mass is 10.2. The molecule has 0 aliphatic carbocycles. The van der Waals surface area contributed by atoms with Crippen molar-refractivity contribution in [3.63, 3.8) is 0 Å². The number of hydrogen-bond acceptors (Lipinski definition) is 2. The smallest absolute Gasteiger partial charge is 0.306 e. The topological polar surface area (TPSA) is 32.3 Å². The molecular weight excluding hydrogens is 327 g/mol. The number of halogens is 2. The van der Waals surface area contributed by atoms with Crippen LogP contribution in [-0.4, -0.2) is 18.3 Å². The number of fused-ring (bicyclic) bond motifs is 1. The van der Waals surface area contributed by atoms with Crippen LogP contribution in [0.5, 0.6) is 0 Å². The summed E-state index contributed by atoms with van der Waals surface area (Å²) in [7, 11) is 0.